The topological polar surface area (TPSA) is 55.1 Å². The molecule has 1 aromatic rings. The Bertz CT molecular complexity index is 401. The van der Waals surface area contributed by atoms with E-state index in [1.54, 1.807) is 6.07 Å². The summed E-state index contributed by atoms with van der Waals surface area (Å²) in [7, 11) is 0. The molecule has 0 bridgehead atoms. The Labute approximate surface area is 105 Å². The summed E-state index contributed by atoms with van der Waals surface area (Å²) in [6.45, 7) is 4.15. The van der Waals surface area contributed by atoms with Crippen LogP contribution in [-0.2, 0) is 11.3 Å². The van der Waals surface area contributed by atoms with Gasteiger partial charge in [0.05, 0.1) is 0 Å². The Morgan fingerprint density at radius 3 is 2.65 bits per heavy atom. The predicted octanol–water partition coefficient (Wildman–Crippen LogP) is 2.22. The van der Waals surface area contributed by atoms with Crippen molar-refractivity contribution in [1.82, 2.24) is 5.32 Å². The zero-order valence-corrected chi connectivity index (χ0v) is 10.6. The Hall–Kier alpha value is -1.13. The van der Waals surface area contributed by atoms with Crippen molar-refractivity contribution in [2.45, 2.75) is 32.4 Å². The first kappa shape index (κ1) is 13.9. The molecule has 0 aliphatic rings. The van der Waals surface area contributed by atoms with Crippen molar-refractivity contribution in [3.8, 4) is 0 Å². The fourth-order valence-electron chi connectivity index (χ4n) is 1.55. The fraction of sp³-hybridized carbons (Fsp3) is 0.417. The van der Waals surface area contributed by atoms with E-state index in [4.69, 9.17) is 17.3 Å². The molecule has 0 spiro atoms. The quantitative estimate of drug-likeness (QED) is 0.851. The first-order valence-electron chi connectivity index (χ1n) is 5.27. The highest BCUT2D eigenvalue weighted by Crippen LogP contribution is 2.15. The van der Waals surface area contributed by atoms with Crippen LogP contribution in [0.2, 0.25) is 5.02 Å². The molecule has 0 aromatic heterocycles. The molecule has 0 radical (unpaired) electrons. The van der Waals surface area contributed by atoms with E-state index in [1.807, 2.05) is 13.8 Å². The average Bonchev–Trinajstić information content (AvgIpc) is 2.11. The second-order valence-corrected chi connectivity index (χ2v) is 5.09. The lowest BCUT2D eigenvalue weighted by Crippen LogP contribution is -2.42. The molecule has 3 nitrogen and oxygen atoms in total. The van der Waals surface area contributed by atoms with Gasteiger partial charge in [-0.2, -0.15) is 0 Å². The van der Waals surface area contributed by atoms with Crippen LogP contribution in [0.25, 0.3) is 0 Å². The average molecular weight is 259 g/mol. The summed E-state index contributed by atoms with van der Waals surface area (Å²) in [4.78, 5) is 10.8. The SMILES string of the molecule is CC(C)(CC(N)=O)NCc1cc(F)cc(Cl)c1. The highest BCUT2D eigenvalue weighted by molar-refractivity contribution is 6.30. The number of primary amides is 1. The predicted molar refractivity (Wildman–Crippen MR) is 66.1 cm³/mol. The molecule has 0 atom stereocenters. The summed E-state index contributed by atoms with van der Waals surface area (Å²) >= 11 is 5.74. The van der Waals surface area contributed by atoms with Crippen LogP contribution in [0.5, 0.6) is 0 Å². The number of amides is 1. The number of nitrogens with one attached hydrogen (secondary N) is 1. The fourth-order valence-corrected chi connectivity index (χ4v) is 1.80. The van der Waals surface area contributed by atoms with Crippen molar-refractivity contribution in [1.29, 1.82) is 0 Å². The molecule has 1 aromatic carbocycles. The monoisotopic (exact) mass is 258 g/mol. The molecule has 1 rings (SSSR count). The van der Waals surface area contributed by atoms with Crippen LogP contribution >= 0.6 is 11.6 Å². The maximum Gasteiger partial charge on any atom is 0.219 e. The van der Waals surface area contributed by atoms with Gasteiger partial charge in [0.2, 0.25) is 5.91 Å². The summed E-state index contributed by atoms with van der Waals surface area (Å²) in [5.74, 6) is -0.748. The third kappa shape index (κ3) is 5.15. The first-order valence-corrected chi connectivity index (χ1v) is 5.64. The zero-order valence-electron chi connectivity index (χ0n) is 9.89. The summed E-state index contributed by atoms with van der Waals surface area (Å²) in [6, 6.07) is 4.33. The number of carbonyl (C=O) groups is 1. The third-order valence-electron chi connectivity index (χ3n) is 2.31. The molecule has 94 valence electrons. The Morgan fingerprint density at radius 2 is 2.12 bits per heavy atom. The van der Waals surface area contributed by atoms with Crippen LogP contribution in [0.3, 0.4) is 0 Å². The largest absolute Gasteiger partial charge is 0.370 e. The number of nitrogens with two attached hydrogens (primary N) is 1. The van der Waals surface area contributed by atoms with E-state index >= 15 is 0 Å². The van der Waals surface area contributed by atoms with Crippen LogP contribution in [0.15, 0.2) is 18.2 Å². The first-order chi connectivity index (χ1) is 7.78. The highest BCUT2D eigenvalue weighted by Gasteiger charge is 2.19. The van der Waals surface area contributed by atoms with Gasteiger partial charge in [-0.25, -0.2) is 4.39 Å². The van der Waals surface area contributed by atoms with Crippen molar-refractivity contribution in [3.63, 3.8) is 0 Å². The lowest BCUT2D eigenvalue weighted by molar-refractivity contribution is -0.119. The molecule has 1 amide bonds. The summed E-state index contributed by atoms with van der Waals surface area (Å²) < 4.78 is 13.1. The second kappa shape index (κ2) is 5.47. The van der Waals surface area contributed by atoms with E-state index < -0.39 is 5.54 Å². The van der Waals surface area contributed by atoms with Crippen LogP contribution in [0, 0.1) is 5.82 Å². The third-order valence-corrected chi connectivity index (χ3v) is 2.53. The van der Waals surface area contributed by atoms with Gasteiger partial charge in [-0.1, -0.05) is 11.6 Å². The zero-order chi connectivity index (χ0) is 13.1. The van der Waals surface area contributed by atoms with Crippen molar-refractivity contribution < 1.29 is 9.18 Å². The number of rotatable bonds is 5. The van der Waals surface area contributed by atoms with Crippen LogP contribution in [0.1, 0.15) is 25.8 Å². The standard InChI is InChI=1S/C12H16ClFN2O/c1-12(2,6-11(15)17)16-7-8-3-9(13)5-10(14)4-8/h3-5,16H,6-7H2,1-2H3,(H2,15,17). The molecule has 0 aliphatic heterocycles. The van der Waals surface area contributed by atoms with Gasteiger partial charge in [0.15, 0.2) is 0 Å². The number of carbonyl (C=O) groups excluding carboxylic acids is 1. The van der Waals surface area contributed by atoms with Crippen molar-refractivity contribution in [2.75, 3.05) is 0 Å². The van der Waals surface area contributed by atoms with E-state index in [2.05, 4.69) is 5.32 Å². The molecule has 0 fully saturated rings. The van der Waals surface area contributed by atoms with Gasteiger partial charge in [0.25, 0.3) is 0 Å². The van der Waals surface area contributed by atoms with E-state index in [-0.39, 0.29) is 18.1 Å². The number of benzene rings is 1. The summed E-state index contributed by atoms with van der Waals surface area (Å²) in [5, 5.41) is 3.49. The van der Waals surface area contributed by atoms with Gasteiger partial charge in [-0.15, -0.1) is 0 Å². The van der Waals surface area contributed by atoms with Crippen LogP contribution < -0.4 is 11.1 Å². The number of hydrogen-bond acceptors (Lipinski definition) is 2. The minimum absolute atomic E-state index is 0.218. The lowest BCUT2D eigenvalue weighted by atomic mass is 10.00. The van der Waals surface area contributed by atoms with E-state index in [0.717, 1.165) is 5.56 Å². The van der Waals surface area contributed by atoms with Gasteiger partial charge in [-0.3, -0.25) is 4.79 Å². The molecule has 0 saturated carbocycles. The van der Waals surface area contributed by atoms with Crippen LogP contribution in [0.4, 0.5) is 4.39 Å². The van der Waals surface area contributed by atoms with Crippen molar-refractivity contribution in [2.24, 2.45) is 5.73 Å². The smallest absolute Gasteiger partial charge is 0.219 e. The van der Waals surface area contributed by atoms with Gasteiger partial charge in [0.1, 0.15) is 5.82 Å². The lowest BCUT2D eigenvalue weighted by Gasteiger charge is -2.25. The van der Waals surface area contributed by atoms with Crippen molar-refractivity contribution >= 4 is 17.5 Å². The Kier molecular flexibility index (Phi) is 4.48. The molecule has 3 N–H and O–H groups in total. The molecule has 17 heavy (non-hydrogen) atoms. The van der Waals surface area contributed by atoms with E-state index in [9.17, 15) is 9.18 Å². The van der Waals surface area contributed by atoms with Gasteiger partial charge >= 0.3 is 0 Å². The minimum atomic E-state index is -0.426. The van der Waals surface area contributed by atoms with Gasteiger partial charge < -0.3 is 11.1 Å². The molecule has 0 unspecified atom stereocenters. The molecular formula is C12H16ClFN2O. The molecule has 5 heteroatoms. The Balaban J connectivity index is 2.63. The minimum Gasteiger partial charge on any atom is -0.370 e. The molecular weight excluding hydrogens is 243 g/mol. The normalized spacial score (nSPS) is 11.5. The Morgan fingerprint density at radius 1 is 1.47 bits per heavy atom. The highest BCUT2D eigenvalue weighted by atomic mass is 35.5. The summed E-state index contributed by atoms with van der Waals surface area (Å²) in [5.41, 5.74) is 5.44. The second-order valence-electron chi connectivity index (χ2n) is 4.66. The molecule has 0 aliphatic carbocycles. The van der Waals surface area contributed by atoms with E-state index in [0.29, 0.717) is 11.6 Å². The number of halogens is 2. The van der Waals surface area contributed by atoms with Crippen LogP contribution in [-0.4, -0.2) is 11.4 Å². The maximum atomic E-state index is 13.1. The molecule has 0 saturated heterocycles. The van der Waals surface area contributed by atoms with Gasteiger partial charge in [-0.05, 0) is 37.6 Å². The maximum absolute atomic E-state index is 13.1. The van der Waals surface area contributed by atoms with Gasteiger partial charge in [0, 0.05) is 23.5 Å². The van der Waals surface area contributed by atoms with Crippen molar-refractivity contribution in [3.05, 3.63) is 34.6 Å². The summed E-state index contributed by atoms with van der Waals surface area (Å²) in [6.07, 6.45) is 0.218. The number of hydrogen-bond donors (Lipinski definition) is 2. The molecule has 0 heterocycles. The van der Waals surface area contributed by atoms with E-state index in [1.165, 1.54) is 12.1 Å².